The molecule has 2 aromatic rings. The van der Waals surface area contributed by atoms with Gasteiger partial charge in [-0.3, -0.25) is 0 Å². The maximum Gasteiger partial charge on any atom is 0.122 e. The van der Waals surface area contributed by atoms with Gasteiger partial charge < -0.3 is 4.74 Å². The van der Waals surface area contributed by atoms with Crippen LogP contribution < -0.4 is 4.74 Å². The smallest absolute Gasteiger partial charge is 0.122 e. The van der Waals surface area contributed by atoms with Crippen molar-refractivity contribution in [3.63, 3.8) is 0 Å². The summed E-state index contributed by atoms with van der Waals surface area (Å²) in [5.41, 5.74) is 6.01. The van der Waals surface area contributed by atoms with Crippen molar-refractivity contribution in [3.8, 4) is 16.9 Å². The van der Waals surface area contributed by atoms with Crippen LogP contribution in [-0.4, -0.2) is 7.11 Å². The van der Waals surface area contributed by atoms with Gasteiger partial charge in [-0.25, -0.2) is 0 Å². The Labute approximate surface area is 103 Å². The zero-order chi connectivity index (χ0) is 12.4. The summed E-state index contributed by atoms with van der Waals surface area (Å²) in [5, 5.41) is 0. The molecule has 0 unspecified atom stereocenters. The average Bonchev–Trinajstić information content (AvgIpc) is 2.30. The van der Waals surface area contributed by atoms with E-state index < -0.39 is 0 Å². The second-order valence-corrected chi connectivity index (χ2v) is 4.37. The maximum atomic E-state index is 5.36. The fourth-order valence-corrected chi connectivity index (χ4v) is 2.15. The molecule has 0 fully saturated rings. The summed E-state index contributed by atoms with van der Waals surface area (Å²) in [4.78, 5) is 0. The van der Waals surface area contributed by atoms with Gasteiger partial charge in [0.05, 0.1) is 7.11 Å². The Hall–Kier alpha value is -1.76. The molecule has 0 bridgehead atoms. The topological polar surface area (TPSA) is 9.23 Å². The minimum Gasteiger partial charge on any atom is -0.496 e. The first-order valence-electron chi connectivity index (χ1n) is 5.76. The molecule has 0 saturated heterocycles. The standard InChI is InChI=1S/C16H17O/c1-11-8-9-14(12(2)10-11)15-6-5-7-16(17-4)13(15)3/h5-8,10H,1-4H3. The van der Waals surface area contributed by atoms with E-state index in [-0.39, 0.29) is 0 Å². The maximum absolute atomic E-state index is 5.36. The van der Waals surface area contributed by atoms with Crippen LogP contribution in [0.1, 0.15) is 16.7 Å². The van der Waals surface area contributed by atoms with Crippen LogP contribution in [0.5, 0.6) is 5.75 Å². The summed E-state index contributed by atoms with van der Waals surface area (Å²) in [5.74, 6) is 0.927. The van der Waals surface area contributed by atoms with Gasteiger partial charge in [0.2, 0.25) is 0 Å². The van der Waals surface area contributed by atoms with Gasteiger partial charge in [-0.1, -0.05) is 29.8 Å². The lowest BCUT2D eigenvalue weighted by molar-refractivity contribution is 0.412. The van der Waals surface area contributed by atoms with Gasteiger partial charge >= 0.3 is 0 Å². The quantitative estimate of drug-likeness (QED) is 0.748. The van der Waals surface area contributed by atoms with Gasteiger partial charge in [0.25, 0.3) is 0 Å². The molecule has 0 N–H and O–H groups in total. The van der Waals surface area contributed by atoms with Crippen LogP contribution in [0, 0.1) is 26.8 Å². The normalized spacial score (nSPS) is 10.4. The molecule has 0 atom stereocenters. The van der Waals surface area contributed by atoms with Gasteiger partial charge in [-0.2, -0.15) is 0 Å². The van der Waals surface area contributed by atoms with Crippen LogP contribution in [-0.2, 0) is 0 Å². The highest BCUT2D eigenvalue weighted by atomic mass is 16.5. The predicted molar refractivity (Wildman–Crippen MR) is 71.5 cm³/mol. The summed E-state index contributed by atoms with van der Waals surface area (Å²) in [6.07, 6.45) is 0. The number of hydrogen-bond donors (Lipinski definition) is 0. The zero-order valence-corrected chi connectivity index (χ0v) is 10.8. The van der Waals surface area contributed by atoms with E-state index in [1.165, 1.54) is 22.3 Å². The van der Waals surface area contributed by atoms with E-state index in [0.29, 0.717) is 0 Å². The Morgan fingerprint density at radius 3 is 2.53 bits per heavy atom. The minimum absolute atomic E-state index is 0.927. The molecule has 1 radical (unpaired) electrons. The molecule has 1 heteroatoms. The van der Waals surface area contributed by atoms with Gasteiger partial charge in [-0.05, 0) is 55.2 Å². The third-order valence-corrected chi connectivity index (χ3v) is 3.06. The SMILES string of the molecule is COc1cccc(-c2[c]cc(C)cc2C)c1C. The Morgan fingerprint density at radius 2 is 1.88 bits per heavy atom. The van der Waals surface area contributed by atoms with E-state index in [4.69, 9.17) is 4.74 Å². The molecule has 0 aromatic heterocycles. The largest absolute Gasteiger partial charge is 0.496 e. The van der Waals surface area contributed by atoms with Gasteiger partial charge in [0.1, 0.15) is 5.75 Å². The van der Waals surface area contributed by atoms with E-state index in [9.17, 15) is 0 Å². The molecule has 0 saturated carbocycles. The third kappa shape index (κ3) is 2.19. The lowest BCUT2D eigenvalue weighted by Gasteiger charge is -2.12. The van der Waals surface area contributed by atoms with Crippen LogP contribution in [0.25, 0.3) is 11.1 Å². The number of ether oxygens (including phenoxy) is 1. The predicted octanol–water partition coefficient (Wildman–Crippen LogP) is 4.09. The van der Waals surface area contributed by atoms with Crippen molar-refractivity contribution in [2.45, 2.75) is 20.8 Å². The van der Waals surface area contributed by atoms with Crippen molar-refractivity contribution < 1.29 is 4.74 Å². The molecule has 0 heterocycles. The van der Waals surface area contributed by atoms with Crippen molar-refractivity contribution in [2.24, 2.45) is 0 Å². The fraction of sp³-hybridized carbons (Fsp3) is 0.250. The van der Waals surface area contributed by atoms with Gasteiger partial charge in [-0.15, -0.1) is 0 Å². The monoisotopic (exact) mass is 225 g/mol. The molecule has 17 heavy (non-hydrogen) atoms. The second kappa shape index (κ2) is 4.62. The van der Waals surface area contributed by atoms with Crippen molar-refractivity contribution in [3.05, 3.63) is 53.1 Å². The van der Waals surface area contributed by atoms with Crippen LogP contribution in [0.15, 0.2) is 30.3 Å². The summed E-state index contributed by atoms with van der Waals surface area (Å²) in [6, 6.07) is 13.7. The number of aryl methyl sites for hydroxylation is 2. The highest BCUT2D eigenvalue weighted by Crippen LogP contribution is 2.31. The number of benzene rings is 2. The van der Waals surface area contributed by atoms with E-state index in [0.717, 1.165) is 11.3 Å². The molecule has 0 aliphatic heterocycles. The molecule has 0 aliphatic carbocycles. The van der Waals surface area contributed by atoms with Crippen molar-refractivity contribution in [1.29, 1.82) is 0 Å². The van der Waals surface area contributed by atoms with E-state index >= 15 is 0 Å². The highest BCUT2D eigenvalue weighted by Gasteiger charge is 2.08. The lowest BCUT2D eigenvalue weighted by atomic mass is 9.95. The molecule has 0 spiro atoms. The summed E-state index contributed by atoms with van der Waals surface area (Å²) in [7, 11) is 1.71. The Balaban J connectivity index is 2.60. The van der Waals surface area contributed by atoms with Crippen LogP contribution in [0.2, 0.25) is 0 Å². The lowest BCUT2D eigenvalue weighted by Crippen LogP contribution is -1.92. The molecule has 1 nitrogen and oxygen atoms in total. The Bertz CT molecular complexity index is 541. The van der Waals surface area contributed by atoms with Gasteiger partial charge in [0.15, 0.2) is 0 Å². The van der Waals surface area contributed by atoms with Crippen LogP contribution in [0.4, 0.5) is 0 Å². The summed E-state index contributed by atoms with van der Waals surface area (Å²) < 4.78 is 5.36. The first-order chi connectivity index (χ1) is 8.13. The highest BCUT2D eigenvalue weighted by molar-refractivity contribution is 5.72. The van der Waals surface area contributed by atoms with Crippen molar-refractivity contribution in [2.75, 3.05) is 7.11 Å². The number of rotatable bonds is 2. The Kier molecular flexibility index (Phi) is 3.19. The summed E-state index contributed by atoms with van der Waals surface area (Å²) in [6.45, 7) is 6.30. The zero-order valence-electron chi connectivity index (χ0n) is 10.8. The van der Waals surface area contributed by atoms with Crippen molar-refractivity contribution in [1.82, 2.24) is 0 Å². The Morgan fingerprint density at radius 1 is 1.12 bits per heavy atom. The van der Waals surface area contributed by atoms with E-state index in [1.807, 2.05) is 18.2 Å². The van der Waals surface area contributed by atoms with Crippen molar-refractivity contribution >= 4 is 0 Å². The molecular weight excluding hydrogens is 208 g/mol. The summed E-state index contributed by atoms with van der Waals surface area (Å²) >= 11 is 0. The van der Waals surface area contributed by atoms with E-state index in [1.54, 1.807) is 7.11 Å². The first-order valence-corrected chi connectivity index (χ1v) is 5.76. The molecule has 87 valence electrons. The van der Waals surface area contributed by atoms with Crippen LogP contribution >= 0.6 is 0 Å². The first kappa shape index (κ1) is 11.7. The minimum atomic E-state index is 0.927. The van der Waals surface area contributed by atoms with E-state index in [2.05, 4.69) is 39.0 Å². The molecule has 2 aromatic carbocycles. The number of methoxy groups -OCH3 is 1. The fourth-order valence-electron chi connectivity index (χ4n) is 2.15. The molecule has 0 aliphatic rings. The number of hydrogen-bond acceptors (Lipinski definition) is 1. The van der Waals surface area contributed by atoms with Gasteiger partial charge in [0, 0.05) is 0 Å². The molecule has 2 rings (SSSR count). The molecular formula is C16H17O. The van der Waals surface area contributed by atoms with Crippen LogP contribution in [0.3, 0.4) is 0 Å². The second-order valence-electron chi connectivity index (χ2n) is 4.37. The third-order valence-electron chi connectivity index (χ3n) is 3.06. The molecule has 0 amide bonds. The average molecular weight is 225 g/mol.